The third kappa shape index (κ3) is 3.71. The van der Waals surface area contributed by atoms with Gasteiger partial charge in [0.2, 0.25) is 12.7 Å². The van der Waals surface area contributed by atoms with Crippen molar-refractivity contribution in [3.8, 4) is 17.2 Å². The number of rotatable bonds is 6. The molecule has 3 N–H and O–H groups in total. The van der Waals surface area contributed by atoms with E-state index >= 15 is 0 Å². The molecule has 1 aliphatic rings. The number of anilines is 2. The molecule has 6 nitrogen and oxygen atoms in total. The van der Waals surface area contributed by atoms with Crippen molar-refractivity contribution in [2.24, 2.45) is 0 Å². The zero-order chi connectivity index (χ0) is 16.9. The van der Waals surface area contributed by atoms with Crippen molar-refractivity contribution in [1.29, 1.82) is 0 Å². The molecule has 0 aromatic heterocycles. The van der Waals surface area contributed by atoms with E-state index < -0.39 is 0 Å². The van der Waals surface area contributed by atoms with Gasteiger partial charge in [-0.2, -0.15) is 0 Å². The van der Waals surface area contributed by atoms with Crippen molar-refractivity contribution in [1.82, 2.24) is 0 Å². The Bertz CT molecular complexity index is 729. The third-order valence-electron chi connectivity index (χ3n) is 3.85. The molecule has 1 aliphatic heterocycles. The Morgan fingerprint density at radius 2 is 1.92 bits per heavy atom. The van der Waals surface area contributed by atoms with Crippen LogP contribution in [0.1, 0.15) is 18.4 Å². The SMILES string of the molecule is COc1ccc(CCCC(=O)Nc2cc3c(cc2N)OCO3)cc1. The minimum absolute atomic E-state index is 0.0749. The van der Waals surface area contributed by atoms with E-state index in [4.69, 9.17) is 19.9 Å². The Morgan fingerprint density at radius 3 is 2.62 bits per heavy atom. The van der Waals surface area contributed by atoms with Gasteiger partial charge < -0.3 is 25.3 Å². The second-order valence-electron chi connectivity index (χ2n) is 5.54. The van der Waals surface area contributed by atoms with Gasteiger partial charge in [0, 0.05) is 18.6 Å². The van der Waals surface area contributed by atoms with Crippen molar-refractivity contribution in [2.75, 3.05) is 25.0 Å². The molecule has 0 bridgehead atoms. The Labute approximate surface area is 140 Å². The Morgan fingerprint density at radius 1 is 1.21 bits per heavy atom. The second kappa shape index (κ2) is 7.12. The molecule has 0 saturated heterocycles. The first-order chi connectivity index (χ1) is 11.7. The topological polar surface area (TPSA) is 82.8 Å². The number of amides is 1. The summed E-state index contributed by atoms with van der Waals surface area (Å²) in [5, 5.41) is 2.82. The summed E-state index contributed by atoms with van der Waals surface area (Å²) in [5.41, 5.74) is 8.11. The molecular weight excluding hydrogens is 308 g/mol. The standard InChI is InChI=1S/C18H20N2O4/c1-22-13-7-5-12(6-8-13)3-2-4-18(21)20-15-10-17-16(9-14(15)19)23-11-24-17/h5-10H,2-4,11,19H2,1H3,(H,20,21). The van der Waals surface area contributed by atoms with Crippen LogP contribution in [0, 0.1) is 0 Å². The molecule has 2 aromatic rings. The van der Waals surface area contributed by atoms with Gasteiger partial charge in [-0.3, -0.25) is 4.79 Å². The van der Waals surface area contributed by atoms with E-state index in [0.29, 0.717) is 29.3 Å². The lowest BCUT2D eigenvalue weighted by molar-refractivity contribution is -0.116. The molecule has 1 heterocycles. The number of methoxy groups -OCH3 is 1. The second-order valence-corrected chi connectivity index (χ2v) is 5.54. The van der Waals surface area contributed by atoms with Gasteiger partial charge in [0.25, 0.3) is 0 Å². The van der Waals surface area contributed by atoms with Gasteiger partial charge >= 0.3 is 0 Å². The summed E-state index contributed by atoms with van der Waals surface area (Å²) in [6, 6.07) is 11.2. The number of carbonyl (C=O) groups is 1. The summed E-state index contributed by atoms with van der Waals surface area (Å²) < 4.78 is 15.7. The molecule has 1 amide bonds. The summed E-state index contributed by atoms with van der Waals surface area (Å²) in [6.45, 7) is 0.175. The van der Waals surface area contributed by atoms with Crippen LogP contribution < -0.4 is 25.3 Å². The van der Waals surface area contributed by atoms with Crippen molar-refractivity contribution >= 4 is 17.3 Å². The number of nitrogens with one attached hydrogen (secondary N) is 1. The monoisotopic (exact) mass is 328 g/mol. The van der Waals surface area contributed by atoms with Crippen molar-refractivity contribution in [2.45, 2.75) is 19.3 Å². The number of fused-ring (bicyclic) bond motifs is 1. The van der Waals surface area contributed by atoms with Crippen LogP contribution in [-0.2, 0) is 11.2 Å². The molecule has 24 heavy (non-hydrogen) atoms. The lowest BCUT2D eigenvalue weighted by Crippen LogP contribution is -2.12. The van der Waals surface area contributed by atoms with Gasteiger partial charge in [-0.15, -0.1) is 0 Å². The van der Waals surface area contributed by atoms with Crippen molar-refractivity contribution in [3.05, 3.63) is 42.0 Å². The first kappa shape index (κ1) is 16.0. The minimum atomic E-state index is -0.0749. The highest BCUT2D eigenvalue weighted by Gasteiger charge is 2.17. The first-order valence-corrected chi connectivity index (χ1v) is 7.77. The number of hydrogen-bond acceptors (Lipinski definition) is 5. The van der Waals surface area contributed by atoms with Crippen LogP contribution in [0.2, 0.25) is 0 Å². The molecule has 2 aromatic carbocycles. The lowest BCUT2D eigenvalue weighted by atomic mass is 10.1. The fraction of sp³-hybridized carbons (Fsp3) is 0.278. The Hall–Kier alpha value is -2.89. The maximum Gasteiger partial charge on any atom is 0.231 e. The zero-order valence-electron chi connectivity index (χ0n) is 13.5. The van der Waals surface area contributed by atoms with Crippen LogP contribution in [0.5, 0.6) is 17.2 Å². The smallest absolute Gasteiger partial charge is 0.231 e. The quantitative estimate of drug-likeness (QED) is 0.797. The van der Waals surface area contributed by atoms with E-state index in [1.165, 1.54) is 5.56 Å². The van der Waals surface area contributed by atoms with Gasteiger partial charge in [0.05, 0.1) is 18.5 Å². The average molecular weight is 328 g/mol. The summed E-state index contributed by atoms with van der Waals surface area (Å²) in [4.78, 5) is 12.1. The molecule has 0 spiro atoms. The highest BCUT2D eigenvalue weighted by atomic mass is 16.7. The van der Waals surface area contributed by atoms with Gasteiger partial charge in [0.1, 0.15) is 5.75 Å². The van der Waals surface area contributed by atoms with Crippen LogP contribution in [0.25, 0.3) is 0 Å². The van der Waals surface area contributed by atoms with E-state index in [9.17, 15) is 4.79 Å². The number of ether oxygens (including phenoxy) is 3. The highest BCUT2D eigenvalue weighted by molar-refractivity contribution is 5.94. The van der Waals surface area contributed by atoms with Gasteiger partial charge in [-0.05, 0) is 30.5 Å². The average Bonchev–Trinajstić information content (AvgIpc) is 3.03. The zero-order valence-corrected chi connectivity index (χ0v) is 13.5. The number of carbonyl (C=O) groups excluding carboxylic acids is 1. The molecule has 0 unspecified atom stereocenters. The van der Waals surface area contributed by atoms with E-state index in [1.807, 2.05) is 24.3 Å². The largest absolute Gasteiger partial charge is 0.497 e. The normalized spacial score (nSPS) is 12.0. The predicted molar refractivity (Wildman–Crippen MR) is 91.5 cm³/mol. The van der Waals surface area contributed by atoms with E-state index in [-0.39, 0.29) is 12.7 Å². The first-order valence-electron chi connectivity index (χ1n) is 7.77. The van der Waals surface area contributed by atoms with Gasteiger partial charge in [-0.25, -0.2) is 0 Å². The number of hydrogen-bond donors (Lipinski definition) is 2. The van der Waals surface area contributed by atoms with E-state index in [1.54, 1.807) is 19.2 Å². The van der Waals surface area contributed by atoms with E-state index in [2.05, 4.69) is 5.32 Å². The lowest BCUT2D eigenvalue weighted by Gasteiger charge is -2.09. The molecule has 126 valence electrons. The number of benzene rings is 2. The van der Waals surface area contributed by atoms with Crippen molar-refractivity contribution in [3.63, 3.8) is 0 Å². The fourth-order valence-corrected chi connectivity index (χ4v) is 2.52. The van der Waals surface area contributed by atoms with Crippen LogP contribution in [0.15, 0.2) is 36.4 Å². The molecule has 0 aliphatic carbocycles. The maximum absolute atomic E-state index is 12.1. The van der Waals surface area contributed by atoms with Crippen LogP contribution in [0.3, 0.4) is 0 Å². The minimum Gasteiger partial charge on any atom is -0.497 e. The molecule has 3 rings (SSSR count). The molecule has 0 atom stereocenters. The van der Waals surface area contributed by atoms with Gasteiger partial charge in [0.15, 0.2) is 11.5 Å². The number of nitrogen functional groups attached to an aromatic ring is 1. The molecule has 0 radical (unpaired) electrons. The van der Waals surface area contributed by atoms with Crippen molar-refractivity contribution < 1.29 is 19.0 Å². The Kier molecular flexibility index (Phi) is 4.74. The molecule has 0 fully saturated rings. The van der Waals surface area contributed by atoms with Crippen LogP contribution >= 0.6 is 0 Å². The molecule has 0 saturated carbocycles. The summed E-state index contributed by atoms with van der Waals surface area (Å²) in [7, 11) is 1.64. The molecule has 6 heteroatoms. The molecular formula is C18H20N2O4. The highest BCUT2D eigenvalue weighted by Crippen LogP contribution is 2.38. The Balaban J connectivity index is 1.50. The van der Waals surface area contributed by atoms with Gasteiger partial charge in [-0.1, -0.05) is 12.1 Å². The number of nitrogens with two attached hydrogens (primary N) is 1. The summed E-state index contributed by atoms with van der Waals surface area (Å²) >= 11 is 0. The predicted octanol–water partition coefficient (Wildman–Crippen LogP) is 2.97. The maximum atomic E-state index is 12.1. The van der Waals surface area contributed by atoms with Crippen LogP contribution in [-0.4, -0.2) is 19.8 Å². The van der Waals surface area contributed by atoms with Crippen LogP contribution in [0.4, 0.5) is 11.4 Å². The fourth-order valence-electron chi connectivity index (χ4n) is 2.52. The third-order valence-corrected chi connectivity index (χ3v) is 3.85. The van der Waals surface area contributed by atoms with E-state index in [0.717, 1.165) is 18.6 Å². The number of aryl methyl sites for hydroxylation is 1. The summed E-state index contributed by atoms with van der Waals surface area (Å²) in [5.74, 6) is 1.95. The summed E-state index contributed by atoms with van der Waals surface area (Å²) in [6.07, 6.45) is 2.00.